The lowest BCUT2D eigenvalue weighted by molar-refractivity contribution is -0.125. The third kappa shape index (κ3) is 4.43. The Morgan fingerprint density at radius 2 is 1.78 bits per heavy atom. The summed E-state index contributed by atoms with van der Waals surface area (Å²) < 4.78 is 5.10. The van der Waals surface area contributed by atoms with Crippen LogP contribution < -0.4 is 0 Å². The fourth-order valence-corrected chi connectivity index (χ4v) is 0.760. The van der Waals surface area contributed by atoms with E-state index < -0.39 is 6.29 Å². The molecule has 0 spiro atoms. The van der Waals surface area contributed by atoms with Gasteiger partial charge in [-0.25, -0.2) is 0 Å². The fourth-order valence-electron chi connectivity index (χ4n) is 0.760. The predicted octanol–water partition coefficient (Wildman–Crippen LogP) is 1.53. The molecule has 0 aromatic rings. The second-order valence-electron chi connectivity index (χ2n) is 2.17. The first-order valence-electron chi connectivity index (χ1n) is 3.54. The Hall–Kier alpha value is -0.0800. The molecular weight excluding hydrogens is 116 g/mol. The smallest absolute Gasteiger partial charge is 0.152 e. The molecule has 0 aromatic carbocycles. The molecule has 0 bridgehead atoms. The van der Waals surface area contributed by atoms with Gasteiger partial charge in [0.2, 0.25) is 0 Å². The number of aliphatic hydroxyl groups excluding tert-OH is 1. The van der Waals surface area contributed by atoms with Crippen molar-refractivity contribution in [1.82, 2.24) is 0 Å². The van der Waals surface area contributed by atoms with Gasteiger partial charge >= 0.3 is 0 Å². The van der Waals surface area contributed by atoms with E-state index in [0.29, 0.717) is 0 Å². The quantitative estimate of drug-likeness (QED) is 0.588. The molecule has 0 fully saturated rings. The molecule has 0 radical (unpaired) electrons. The Bertz CT molecular complexity index is 57.9. The molecule has 2 heteroatoms. The minimum Gasteiger partial charge on any atom is -0.368 e. The monoisotopic (exact) mass is 132 g/mol. The van der Waals surface area contributed by atoms with Gasteiger partial charge in [-0.2, -0.15) is 0 Å². The molecule has 1 N–H and O–H groups in total. The summed E-state index contributed by atoms with van der Waals surface area (Å²) in [6, 6.07) is 0. The first kappa shape index (κ1) is 8.92. The molecule has 0 saturated carbocycles. The summed E-state index contributed by atoms with van der Waals surface area (Å²) in [5, 5.41) is 8.76. The van der Waals surface area contributed by atoms with E-state index in [1.165, 1.54) is 0 Å². The van der Waals surface area contributed by atoms with Crippen molar-refractivity contribution in [2.45, 2.75) is 46.0 Å². The van der Waals surface area contributed by atoms with Crippen molar-refractivity contribution in [3.8, 4) is 0 Å². The third-order valence-corrected chi connectivity index (χ3v) is 1.30. The largest absolute Gasteiger partial charge is 0.368 e. The van der Waals surface area contributed by atoms with Crippen LogP contribution in [0.2, 0.25) is 0 Å². The zero-order chi connectivity index (χ0) is 7.28. The molecule has 1 atom stereocenters. The highest BCUT2D eigenvalue weighted by atomic mass is 16.6. The van der Waals surface area contributed by atoms with E-state index in [1.54, 1.807) is 6.92 Å². The molecule has 2 nitrogen and oxygen atoms in total. The van der Waals surface area contributed by atoms with Gasteiger partial charge < -0.3 is 9.84 Å². The summed E-state index contributed by atoms with van der Waals surface area (Å²) in [6.07, 6.45) is 1.56. The highest BCUT2D eigenvalue weighted by Crippen LogP contribution is 2.04. The predicted molar refractivity (Wildman–Crippen MR) is 37.1 cm³/mol. The van der Waals surface area contributed by atoms with Gasteiger partial charge in [0.1, 0.15) is 0 Å². The van der Waals surface area contributed by atoms with Gasteiger partial charge in [-0.3, -0.25) is 0 Å². The molecule has 0 aromatic heterocycles. The van der Waals surface area contributed by atoms with E-state index >= 15 is 0 Å². The third-order valence-electron chi connectivity index (χ3n) is 1.30. The maximum absolute atomic E-state index is 8.76. The first-order valence-corrected chi connectivity index (χ1v) is 3.54. The standard InChI is InChI=1S/C7H16O2/c1-4-7(5-2)9-6(3)8/h6-8H,4-5H2,1-3H3. The summed E-state index contributed by atoms with van der Waals surface area (Å²) in [5.41, 5.74) is 0. The van der Waals surface area contributed by atoms with Crippen molar-refractivity contribution < 1.29 is 9.84 Å². The Balaban J connectivity index is 3.31. The summed E-state index contributed by atoms with van der Waals surface area (Å²) >= 11 is 0. The Morgan fingerprint density at radius 1 is 1.33 bits per heavy atom. The Morgan fingerprint density at radius 3 is 1.89 bits per heavy atom. The van der Waals surface area contributed by atoms with Crippen LogP contribution in [0.5, 0.6) is 0 Å². The van der Waals surface area contributed by atoms with Crippen LogP contribution >= 0.6 is 0 Å². The molecule has 0 heterocycles. The second kappa shape index (κ2) is 4.77. The lowest BCUT2D eigenvalue weighted by Gasteiger charge is -2.15. The molecule has 0 aliphatic carbocycles. The van der Waals surface area contributed by atoms with E-state index in [0.717, 1.165) is 12.8 Å². The van der Waals surface area contributed by atoms with Crippen LogP contribution in [0.3, 0.4) is 0 Å². The van der Waals surface area contributed by atoms with Crippen LogP contribution in [0.1, 0.15) is 33.6 Å². The van der Waals surface area contributed by atoms with Crippen LogP contribution in [0.4, 0.5) is 0 Å². The van der Waals surface area contributed by atoms with E-state index in [1.807, 2.05) is 0 Å². The zero-order valence-corrected chi connectivity index (χ0v) is 6.42. The van der Waals surface area contributed by atoms with Gasteiger partial charge in [0.25, 0.3) is 0 Å². The fraction of sp³-hybridized carbons (Fsp3) is 1.00. The SMILES string of the molecule is CCC(CC)OC(C)O. The average Bonchev–Trinajstić information content (AvgIpc) is 1.82. The van der Waals surface area contributed by atoms with Crippen molar-refractivity contribution in [3.05, 3.63) is 0 Å². The molecule has 9 heavy (non-hydrogen) atoms. The number of ether oxygens (including phenoxy) is 1. The molecule has 0 saturated heterocycles. The molecule has 56 valence electrons. The van der Waals surface area contributed by atoms with Gasteiger partial charge in [0.15, 0.2) is 6.29 Å². The first-order chi connectivity index (χ1) is 4.20. The van der Waals surface area contributed by atoms with Crippen LogP contribution in [0.25, 0.3) is 0 Å². The van der Waals surface area contributed by atoms with Gasteiger partial charge in [-0.1, -0.05) is 13.8 Å². The van der Waals surface area contributed by atoms with Crippen molar-refractivity contribution in [2.75, 3.05) is 0 Å². The van der Waals surface area contributed by atoms with E-state index in [4.69, 9.17) is 9.84 Å². The van der Waals surface area contributed by atoms with E-state index in [2.05, 4.69) is 13.8 Å². The summed E-state index contributed by atoms with van der Waals surface area (Å²) in [7, 11) is 0. The van der Waals surface area contributed by atoms with Crippen molar-refractivity contribution in [1.29, 1.82) is 0 Å². The second-order valence-corrected chi connectivity index (χ2v) is 2.17. The lowest BCUT2D eigenvalue weighted by Crippen LogP contribution is -2.17. The molecule has 1 unspecified atom stereocenters. The normalized spacial score (nSPS) is 14.3. The zero-order valence-electron chi connectivity index (χ0n) is 6.42. The number of hydrogen-bond acceptors (Lipinski definition) is 2. The van der Waals surface area contributed by atoms with Gasteiger partial charge in [-0.15, -0.1) is 0 Å². The minimum atomic E-state index is -0.616. The average molecular weight is 132 g/mol. The minimum absolute atomic E-state index is 0.227. The van der Waals surface area contributed by atoms with Crippen molar-refractivity contribution >= 4 is 0 Å². The highest BCUT2D eigenvalue weighted by Gasteiger charge is 2.05. The molecule has 0 rings (SSSR count). The van der Waals surface area contributed by atoms with Gasteiger partial charge in [0.05, 0.1) is 6.10 Å². The molecule has 0 amide bonds. The van der Waals surface area contributed by atoms with Gasteiger partial charge in [-0.05, 0) is 19.8 Å². The summed E-state index contributed by atoms with van der Waals surface area (Å²) in [4.78, 5) is 0. The Labute approximate surface area is 56.8 Å². The van der Waals surface area contributed by atoms with Crippen LogP contribution in [-0.2, 0) is 4.74 Å². The number of rotatable bonds is 4. The van der Waals surface area contributed by atoms with Crippen LogP contribution in [0.15, 0.2) is 0 Å². The van der Waals surface area contributed by atoms with Crippen LogP contribution in [-0.4, -0.2) is 17.5 Å². The topological polar surface area (TPSA) is 29.5 Å². The molecule has 0 aliphatic heterocycles. The van der Waals surface area contributed by atoms with Gasteiger partial charge in [0, 0.05) is 0 Å². The van der Waals surface area contributed by atoms with Crippen molar-refractivity contribution in [2.24, 2.45) is 0 Å². The van der Waals surface area contributed by atoms with E-state index in [9.17, 15) is 0 Å². The molecular formula is C7H16O2. The highest BCUT2D eigenvalue weighted by molar-refractivity contribution is 4.50. The molecule has 0 aliphatic rings. The Kier molecular flexibility index (Phi) is 4.72. The summed E-state index contributed by atoms with van der Waals surface area (Å²) in [5.74, 6) is 0. The number of hydrogen-bond donors (Lipinski definition) is 1. The van der Waals surface area contributed by atoms with Crippen LogP contribution in [0, 0.1) is 0 Å². The lowest BCUT2D eigenvalue weighted by atomic mass is 10.2. The maximum atomic E-state index is 8.76. The van der Waals surface area contributed by atoms with E-state index in [-0.39, 0.29) is 6.10 Å². The maximum Gasteiger partial charge on any atom is 0.152 e. The van der Waals surface area contributed by atoms with Crippen molar-refractivity contribution in [3.63, 3.8) is 0 Å². The summed E-state index contributed by atoms with van der Waals surface area (Å²) in [6.45, 7) is 5.74. The number of aliphatic hydroxyl groups is 1.